The number of hydrogen-bond acceptors (Lipinski definition) is 3. The average Bonchev–Trinajstić information content (AvgIpc) is 2.55. The van der Waals surface area contributed by atoms with Crippen LogP contribution in [-0.2, 0) is 17.6 Å². The first-order chi connectivity index (χ1) is 10.2. The highest BCUT2D eigenvalue weighted by atomic mass is 16.5. The van der Waals surface area contributed by atoms with Crippen molar-refractivity contribution in [3.05, 3.63) is 29.3 Å². The number of benzene rings is 1. The normalized spacial score (nSPS) is 15.0. The van der Waals surface area contributed by atoms with Gasteiger partial charge in [-0.15, -0.1) is 0 Å². The Morgan fingerprint density at radius 2 is 2.10 bits per heavy atom. The molecule has 21 heavy (non-hydrogen) atoms. The number of hydrogen-bond donors (Lipinski definition) is 1. The molecule has 0 saturated carbocycles. The van der Waals surface area contributed by atoms with Gasteiger partial charge in [-0.2, -0.15) is 0 Å². The first kappa shape index (κ1) is 15.8. The summed E-state index contributed by atoms with van der Waals surface area (Å²) in [5.41, 5.74) is 2.53. The smallest absolute Gasteiger partial charge is 0.222 e. The Labute approximate surface area is 127 Å². The number of piperazine rings is 1. The van der Waals surface area contributed by atoms with Crippen molar-refractivity contribution in [3.8, 4) is 5.75 Å². The molecule has 4 heteroatoms. The van der Waals surface area contributed by atoms with E-state index in [4.69, 9.17) is 4.74 Å². The summed E-state index contributed by atoms with van der Waals surface area (Å²) in [6.45, 7) is 5.66. The molecule has 116 valence electrons. The van der Waals surface area contributed by atoms with Gasteiger partial charge in [-0.25, -0.2) is 0 Å². The fraction of sp³-hybridized carbons (Fsp3) is 0.588. The maximum absolute atomic E-state index is 12.1. The molecule has 1 aromatic rings. The highest BCUT2D eigenvalue weighted by Crippen LogP contribution is 2.22. The van der Waals surface area contributed by atoms with E-state index in [1.165, 1.54) is 11.1 Å². The van der Waals surface area contributed by atoms with Crippen LogP contribution in [0.25, 0.3) is 0 Å². The van der Waals surface area contributed by atoms with Gasteiger partial charge in [-0.05, 0) is 36.5 Å². The number of nitrogens with zero attached hydrogens (tertiary/aromatic N) is 1. The molecule has 0 unspecified atom stereocenters. The lowest BCUT2D eigenvalue weighted by molar-refractivity contribution is -0.131. The summed E-state index contributed by atoms with van der Waals surface area (Å²) in [6.07, 6.45) is 3.43. The van der Waals surface area contributed by atoms with Gasteiger partial charge in [0.1, 0.15) is 5.75 Å². The van der Waals surface area contributed by atoms with Gasteiger partial charge >= 0.3 is 0 Å². The van der Waals surface area contributed by atoms with Crippen molar-refractivity contribution in [2.45, 2.75) is 32.6 Å². The van der Waals surface area contributed by atoms with E-state index in [0.29, 0.717) is 6.42 Å². The van der Waals surface area contributed by atoms with Crippen molar-refractivity contribution in [1.29, 1.82) is 0 Å². The third-order valence-electron chi connectivity index (χ3n) is 4.06. The Morgan fingerprint density at radius 1 is 1.33 bits per heavy atom. The molecule has 1 aromatic carbocycles. The molecule has 0 spiro atoms. The Kier molecular flexibility index (Phi) is 6.05. The molecule has 0 radical (unpaired) electrons. The number of carbonyl (C=O) groups excluding carboxylic acids is 1. The van der Waals surface area contributed by atoms with Crippen LogP contribution in [0.3, 0.4) is 0 Å². The molecule has 0 atom stereocenters. The van der Waals surface area contributed by atoms with Crippen LogP contribution in [0.5, 0.6) is 5.75 Å². The number of nitrogens with one attached hydrogen (secondary N) is 1. The number of carbonyl (C=O) groups is 1. The van der Waals surface area contributed by atoms with Crippen molar-refractivity contribution in [3.63, 3.8) is 0 Å². The summed E-state index contributed by atoms with van der Waals surface area (Å²) in [4.78, 5) is 14.1. The molecule has 1 amide bonds. The summed E-state index contributed by atoms with van der Waals surface area (Å²) in [5.74, 6) is 1.21. The number of rotatable bonds is 6. The summed E-state index contributed by atoms with van der Waals surface area (Å²) in [6, 6.07) is 6.34. The van der Waals surface area contributed by atoms with E-state index in [1.54, 1.807) is 7.11 Å². The zero-order chi connectivity index (χ0) is 15.1. The van der Waals surface area contributed by atoms with Crippen LogP contribution in [0.2, 0.25) is 0 Å². The summed E-state index contributed by atoms with van der Waals surface area (Å²) in [5, 5.41) is 3.27. The van der Waals surface area contributed by atoms with Gasteiger partial charge in [0.2, 0.25) is 5.91 Å². The van der Waals surface area contributed by atoms with Crippen LogP contribution in [0, 0.1) is 0 Å². The number of methoxy groups -OCH3 is 1. The first-order valence-corrected chi connectivity index (χ1v) is 7.89. The predicted octanol–water partition coefficient (Wildman–Crippen LogP) is 2.01. The molecule has 1 heterocycles. The van der Waals surface area contributed by atoms with E-state index in [2.05, 4.69) is 24.4 Å². The second-order valence-corrected chi connectivity index (χ2v) is 5.48. The van der Waals surface area contributed by atoms with Gasteiger partial charge in [-0.3, -0.25) is 4.79 Å². The van der Waals surface area contributed by atoms with Crippen molar-refractivity contribution in [2.24, 2.45) is 0 Å². The van der Waals surface area contributed by atoms with E-state index in [-0.39, 0.29) is 5.91 Å². The summed E-state index contributed by atoms with van der Waals surface area (Å²) in [7, 11) is 1.70. The van der Waals surface area contributed by atoms with Crippen LogP contribution in [0.1, 0.15) is 30.9 Å². The number of amides is 1. The Balaban J connectivity index is 1.86. The largest absolute Gasteiger partial charge is 0.496 e. The monoisotopic (exact) mass is 290 g/mol. The molecule has 1 saturated heterocycles. The van der Waals surface area contributed by atoms with Crippen molar-refractivity contribution < 1.29 is 9.53 Å². The zero-order valence-corrected chi connectivity index (χ0v) is 13.2. The maximum Gasteiger partial charge on any atom is 0.222 e. The highest BCUT2D eigenvalue weighted by molar-refractivity contribution is 5.76. The molecule has 4 nitrogen and oxygen atoms in total. The minimum absolute atomic E-state index is 0.280. The van der Waals surface area contributed by atoms with E-state index in [0.717, 1.165) is 51.2 Å². The van der Waals surface area contributed by atoms with Gasteiger partial charge in [0.15, 0.2) is 0 Å². The second kappa shape index (κ2) is 8.03. The Bertz CT molecular complexity index is 468. The fourth-order valence-corrected chi connectivity index (χ4v) is 2.75. The van der Waals surface area contributed by atoms with Crippen molar-refractivity contribution in [2.75, 3.05) is 33.3 Å². The molecule has 1 aliphatic heterocycles. The molecule has 0 aliphatic carbocycles. The van der Waals surface area contributed by atoms with Gasteiger partial charge in [0.05, 0.1) is 7.11 Å². The minimum Gasteiger partial charge on any atom is -0.496 e. The van der Waals surface area contributed by atoms with Crippen LogP contribution in [0.4, 0.5) is 0 Å². The molecular weight excluding hydrogens is 264 g/mol. The Hall–Kier alpha value is -1.55. The SMILES string of the molecule is CCc1ccc(OC)c(CCCC(=O)N2CCNCC2)c1. The lowest BCUT2D eigenvalue weighted by Crippen LogP contribution is -2.46. The third-order valence-corrected chi connectivity index (χ3v) is 4.06. The predicted molar refractivity (Wildman–Crippen MR) is 84.8 cm³/mol. The minimum atomic E-state index is 0.280. The maximum atomic E-state index is 12.1. The summed E-state index contributed by atoms with van der Waals surface area (Å²) >= 11 is 0. The van der Waals surface area contributed by atoms with Gasteiger partial charge in [0.25, 0.3) is 0 Å². The lowest BCUT2D eigenvalue weighted by Gasteiger charge is -2.27. The van der Waals surface area contributed by atoms with Crippen LogP contribution < -0.4 is 10.1 Å². The summed E-state index contributed by atoms with van der Waals surface area (Å²) < 4.78 is 5.42. The van der Waals surface area contributed by atoms with Crippen LogP contribution in [0.15, 0.2) is 18.2 Å². The van der Waals surface area contributed by atoms with Crippen molar-refractivity contribution in [1.82, 2.24) is 10.2 Å². The van der Waals surface area contributed by atoms with Gasteiger partial charge in [-0.1, -0.05) is 19.1 Å². The van der Waals surface area contributed by atoms with Crippen LogP contribution >= 0.6 is 0 Å². The second-order valence-electron chi connectivity index (χ2n) is 5.48. The topological polar surface area (TPSA) is 41.6 Å². The van der Waals surface area contributed by atoms with Crippen molar-refractivity contribution >= 4 is 5.91 Å². The zero-order valence-electron chi connectivity index (χ0n) is 13.2. The lowest BCUT2D eigenvalue weighted by atomic mass is 10.0. The van der Waals surface area contributed by atoms with Gasteiger partial charge in [0, 0.05) is 32.6 Å². The van der Waals surface area contributed by atoms with E-state index in [9.17, 15) is 4.79 Å². The molecular formula is C17H26N2O2. The fourth-order valence-electron chi connectivity index (χ4n) is 2.75. The first-order valence-electron chi connectivity index (χ1n) is 7.89. The number of aryl methyl sites for hydroxylation is 2. The van der Waals surface area contributed by atoms with Gasteiger partial charge < -0.3 is 15.0 Å². The molecule has 0 aromatic heterocycles. The number of ether oxygens (including phenoxy) is 1. The van der Waals surface area contributed by atoms with E-state index in [1.807, 2.05) is 11.0 Å². The van der Waals surface area contributed by atoms with E-state index >= 15 is 0 Å². The molecule has 2 rings (SSSR count). The molecule has 1 aliphatic rings. The molecule has 1 fully saturated rings. The highest BCUT2D eigenvalue weighted by Gasteiger charge is 2.15. The quantitative estimate of drug-likeness (QED) is 0.871. The van der Waals surface area contributed by atoms with E-state index < -0.39 is 0 Å². The molecule has 0 bridgehead atoms. The molecule has 1 N–H and O–H groups in total. The Morgan fingerprint density at radius 3 is 2.76 bits per heavy atom. The average molecular weight is 290 g/mol. The van der Waals surface area contributed by atoms with Crippen LogP contribution in [-0.4, -0.2) is 44.1 Å². The standard InChI is InChI=1S/C17H26N2O2/c1-3-14-7-8-16(21-2)15(13-14)5-4-6-17(20)19-11-9-18-10-12-19/h7-8,13,18H,3-6,9-12H2,1-2H3. The third kappa shape index (κ3) is 4.46.